The highest BCUT2D eigenvalue weighted by Gasteiger charge is 2.13. The molecule has 0 spiro atoms. The van der Waals surface area contributed by atoms with Gasteiger partial charge in [-0.05, 0) is 29.8 Å². The summed E-state index contributed by atoms with van der Waals surface area (Å²) in [4.78, 5) is -0.0114. The summed E-state index contributed by atoms with van der Waals surface area (Å²) in [5.74, 6) is 0.108. The molecule has 1 atom stereocenters. The van der Waals surface area contributed by atoms with Gasteiger partial charge >= 0.3 is 0 Å². The predicted molar refractivity (Wildman–Crippen MR) is 84.7 cm³/mol. The minimum absolute atomic E-state index is 0.0114. The highest BCUT2D eigenvalue weighted by atomic mass is 32.2. The third-order valence-corrected chi connectivity index (χ3v) is 5.71. The second-order valence-corrected chi connectivity index (χ2v) is 7.97. The van der Waals surface area contributed by atoms with Gasteiger partial charge in [0.05, 0.1) is 4.90 Å². The lowest BCUT2D eigenvalue weighted by atomic mass is 10.2. The maximum atomic E-state index is 12.8. The largest absolute Gasteiger partial charge is 0.259 e. The molecule has 0 heterocycles. The molecule has 1 N–H and O–H groups in total. The zero-order valence-electron chi connectivity index (χ0n) is 11.7. The van der Waals surface area contributed by atoms with Crippen molar-refractivity contribution in [2.24, 2.45) is 0 Å². The number of hydrogen-bond acceptors (Lipinski definition) is 3. The maximum Gasteiger partial charge on any atom is 0.240 e. The van der Waals surface area contributed by atoms with Gasteiger partial charge in [0, 0.05) is 28.9 Å². The van der Waals surface area contributed by atoms with Crippen molar-refractivity contribution in [3.05, 3.63) is 66.0 Å². The van der Waals surface area contributed by atoms with E-state index in [4.69, 9.17) is 0 Å². The Bertz CT molecular complexity index is 731. The maximum absolute atomic E-state index is 12.8. The average molecular weight is 341 g/mol. The molecule has 0 aliphatic carbocycles. The Morgan fingerprint density at radius 2 is 1.64 bits per heavy atom. The van der Waals surface area contributed by atoms with Crippen LogP contribution in [-0.2, 0) is 26.6 Å². The molecule has 118 valence electrons. The van der Waals surface area contributed by atoms with Gasteiger partial charge in [-0.2, -0.15) is 0 Å². The molecule has 0 fully saturated rings. The Hall–Kier alpha value is -1.57. The second kappa shape index (κ2) is 7.62. The highest BCUT2D eigenvalue weighted by Crippen LogP contribution is 2.09. The Balaban J connectivity index is 1.85. The van der Waals surface area contributed by atoms with Gasteiger partial charge < -0.3 is 0 Å². The second-order valence-electron chi connectivity index (χ2n) is 4.63. The third kappa shape index (κ3) is 5.01. The summed E-state index contributed by atoms with van der Waals surface area (Å²) in [6.07, 6.45) is 0. The van der Waals surface area contributed by atoms with E-state index in [2.05, 4.69) is 4.72 Å². The van der Waals surface area contributed by atoms with Crippen LogP contribution in [0.3, 0.4) is 0 Å². The molecule has 4 nitrogen and oxygen atoms in total. The fourth-order valence-electron chi connectivity index (χ4n) is 1.82. The predicted octanol–water partition coefficient (Wildman–Crippen LogP) is 2.05. The first-order valence-electron chi connectivity index (χ1n) is 6.61. The van der Waals surface area contributed by atoms with E-state index in [0.717, 1.165) is 17.7 Å². The van der Waals surface area contributed by atoms with Gasteiger partial charge in [-0.3, -0.25) is 4.21 Å². The first-order chi connectivity index (χ1) is 10.5. The van der Waals surface area contributed by atoms with Gasteiger partial charge in [-0.1, -0.05) is 30.3 Å². The normalized spacial score (nSPS) is 13.0. The molecule has 22 heavy (non-hydrogen) atoms. The van der Waals surface area contributed by atoms with E-state index in [1.807, 2.05) is 30.3 Å². The van der Waals surface area contributed by atoms with Crippen molar-refractivity contribution in [3.63, 3.8) is 0 Å². The lowest BCUT2D eigenvalue weighted by Gasteiger charge is -2.07. The summed E-state index contributed by atoms with van der Waals surface area (Å²) in [6.45, 7) is 0.0686. The van der Waals surface area contributed by atoms with E-state index in [1.165, 1.54) is 12.1 Å². The van der Waals surface area contributed by atoms with Gasteiger partial charge in [0.15, 0.2) is 0 Å². The van der Waals surface area contributed by atoms with Gasteiger partial charge in [0.2, 0.25) is 10.0 Å². The Kier molecular flexibility index (Phi) is 5.82. The van der Waals surface area contributed by atoms with E-state index >= 15 is 0 Å². The summed E-state index contributed by atoms with van der Waals surface area (Å²) < 4.78 is 51.0. The van der Waals surface area contributed by atoms with Crippen molar-refractivity contribution in [3.8, 4) is 0 Å². The third-order valence-electron chi connectivity index (χ3n) is 2.92. The number of sulfonamides is 1. The molecule has 0 saturated heterocycles. The standard InChI is InChI=1S/C15H16FNO3S2/c16-14-6-8-15(9-7-14)22(19,20)17-10-11-21(18)12-13-4-2-1-3-5-13/h1-9,17H,10-12H2/t21-/m0/s1. The summed E-state index contributed by atoms with van der Waals surface area (Å²) in [6, 6.07) is 13.9. The van der Waals surface area contributed by atoms with Crippen LogP contribution in [0.15, 0.2) is 59.5 Å². The van der Waals surface area contributed by atoms with Crippen molar-refractivity contribution >= 4 is 20.8 Å². The van der Waals surface area contributed by atoms with Crippen LogP contribution in [0.1, 0.15) is 5.56 Å². The summed E-state index contributed by atoms with van der Waals surface area (Å²) in [7, 11) is -4.85. The van der Waals surface area contributed by atoms with Crippen molar-refractivity contribution < 1.29 is 17.0 Å². The van der Waals surface area contributed by atoms with Gasteiger partial charge in [0.25, 0.3) is 0 Å². The minimum Gasteiger partial charge on any atom is -0.259 e. The summed E-state index contributed by atoms with van der Waals surface area (Å²) >= 11 is 0. The van der Waals surface area contributed by atoms with Gasteiger partial charge in [-0.25, -0.2) is 17.5 Å². The molecule has 0 aromatic heterocycles. The SMILES string of the molecule is O=[S@@](CCNS(=O)(=O)c1ccc(F)cc1)Cc1ccccc1. The van der Waals surface area contributed by atoms with Crippen LogP contribution in [0, 0.1) is 5.82 Å². The van der Waals surface area contributed by atoms with Crippen molar-refractivity contribution in [1.29, 1.82) is 0 Å². The molecule has 0 bridgehead atoms. The molecule has 0 amide bonds. The summed E-state index contributed by atoms with van der Waals surface area (Å²) in [5.41, 5.74) is 0.947. The minimum atomic E-state index is -3.70. The topological polar surface area (TPSA) is 63.2 Å². The van der Waals surface area contributed by atoms with E-state index in [9.17, 15) is 17.0 Å². The van der Waals surface area contributed by atoms with E-state index in [-0.39, 0.29) is 17.2 Å². The number of rotatable bonds is 7. The number of nitrogens with one attached hydrogen (secondary N) is 1. The molecule has 2 aromatic rings. The van der Waals surface area contributed by atoms with Crippen LogP contribution in [-0.4, -0.2) is 24.9 Å². The molecule has 2 aromatic carbocycles. The number of halogens is 1. The van der Waals surface area contributed by atoms with Crippen LogP contribution in [0.2, 0.25) is 0 Å². The van der Waals surface area contributed by atoms with Gasteiger partial charge in [-0.15, -0.1) is 0 Å². The lowest BCUT2D eigenvalue weighted by molar-refractivity contribution is 0.583. The van der Waals surface area contributed by atoms with Crippen molar-refractivity contribution in [2.45, 2.75) is 10.6 Å². The Morgan fingerprint density at radius 1 is 1.00 bits per heavy atom. The Morgan fingerprint density at radius 3 is 2.27 bits per heavy atom. The van der Waals surface area contributed by atoms with E-state index < -0.39 is 26.6 Å². The quantitative estimate of drug-likeness (QED) is 0.838. The molecule has 0 saturated carbocycles. The number of benzene rings is 2. The van der Waals surface area contributed by atoms with E-state index in [0.29, 0.717) is 5.75 Å². The molecular formula is C15H16FNO3S2. The van der Waals surface area contributed by atoms with Crippen LogP contribution in [0.5, 0.6) is 0 Å². The van der Waals surface area contributed by atoms with E-state index in [1.54, 1.807) is 0 Å². The fraction of sp³-hybridized carbons (Fsp3) is 0.200. The first kappa shape index (κ1) is 16.8. The zero-order valence-corrected chi connectivity index (χ0v) is 13.4. The molecule has 0 radical (unpaired) electrons. The molecular weight excluding hydrogens is 325 g/mol. The molecule has 7 heteroatoms. The summed E-state index contributed by atoms with van der Waals surface area (Å²) in [5, 5.41) is 0. The number of hydrogen-bond donors (Lipinski definition) is 1. The van der Waals surface area contributed by atoms with Crippen LogP contribution >= 0.6 is 0 Å². The Labute approximate surface area is 131 Å². The van der Waals surface area contributed by atoms with Crippen molar-refractivity contribution in [1.82, 2.24) is 4.72 Å². The monoisotopic (exact) mass is 341 g/mol. The molecule has 2 rings (SSSR count). The zero-order chi connectivity index (χ0) is 16.0. The average Bonchev–Trinajstić information content (AvgIpc) is 2.48. The lowest BCUT2D eigenvalue weighted by Crippen LogP contribution is -2.28. The molecule has 0 aliphatic heterocycles. The highest BCUT2D eigenvalue weighted by molar-refractivity contribution is 7.89. The van der Waals surface area contributed by atoms with Crippen molar-refractivity contribution in [2.75, 3.05) is 12.3 Å². The smallest absolute Gasteiger partial charge is 0.240 e. The fourth-order valence-corrected chi connectivity index (χ4v) is 4.02. The van der Waals surface area contributed by atoms with Gasteiger partial charge in [0.1, 0.15) is 5.82 Å². The van der Waals surface area contributed by atoms with Crippen LogP contribution in [0.4, 0.5) is 4.39 Å². The van der Waals surface area contributed by atoms with Crippen LogP contribution < -0.4 is 4.72 Å². The first-order valence-corrected chi connectivity index (χ1v) is 9.58. The molecule has 0 unspecified atom stereocenters. The molecule has 0 aliphatic rings. The van der Waals surface area contributed by atoms with Crippen LogP contribution in [0.25, 0.3) is 0 Å².